The van der Waals surface area contributed by atoms with Crippen molar-refractivity contribution >= 4 is 31.0 Å². The first-order valence-electron chi connectivity index (χ1n) is 20.9. The standard InChI is InChI=1S/C48H57N5O7Si/c1-32(2)61(33(3)4,34(5)6)46(55)47(28-58-27-41(60-47)53-31-51-42-43(49-30-50-44(42)53)52-45(54)35-15-11-9-12-16-35)29-59-48(36-17-13-10-14-18-36,37-19-23-39(56-7)24-20-37)38-21-25-40(57-8)26-22-38/h9-26,30-34,41,46,55H,27-29H2,1-8H3,(H,49,50,52,54)/t41-,46?,47+/m1/s1. The lowest BCUT2D eigenvalue weighted by Gasteiger charge is -2.55. The van der Waals surface area contributed by atoms with Crippen molar-refractivity contribution in [3.8, 4) is 11.5 Å². The van der Waals surface area contributed by atoms with E-state index in [1.165, 1.54) is 6.33 Å². The average Bonchev–Trinajstić information content (AvgIpc) is 3.73. The van der Waals surface area contributed by atoms with E-state index in [2.05, 4.69) is 73.9 Å². The number of aliphatic hydroxyl groups excluding tert-OH is 1. The Morgan fingerprint density at radius 1 is 0.803 bits per heavy atom. The maximum absolute atomic E-state index is 13.4. The van der Waals surface area contributed by atoms with Crippen molar-refractivity contribution < 1.29 is 33.6 Å². The van der Waals surface area contributed by atoms with Crippen molar-refractivity contribution in [2.75, 3.05) is 39.4 Å². The number of nitrogens with zero attached hydrogens (tertiary/aromatic N) is 4. The third-order valence-corrected chi connectivity index (χ3v) is 20.1. The molecule has 1 aliphatic rings. The fraction of sp³-hybridized carbons (Fsp3) is 0.375. The predicted molar refractivity (Wildman–Crippen MR) is 239 cm³/mol. The second kappa shape index (κ2) is 18.3. The number of benzene rings is 4. The monoisotopic (exact) mass is 843 g/mol. The molecule has 0 saturated carbocycles. The Bertz CT molecular complexity index is 2310. The predicted octanol–water partition coefficient (Wildman–Crippen LogP) is 8.97. The highest BCUT2D eigenvalue weighted by atomic mass is 28.3. The molecule has 1 fully saturated rings. The molecule has 1 amide bonds. The maximum Gasteiger partial charge on any atom is 0.256 e. The minimum absolute atomic E-state index is 0.0570. The molecule has 0 aliphatic carbocycles. The molecule has 7 rings (SSSR count). The second-order valence-corrected chi connectivity index (χ2v) is 22.7. The topological polar surface area (TPSA) is 139 Å². The number of carbonyl (C=O) groups excluding carboxylic acids is 1. The minimum Gasteiger partial charge on any atom is -0.497 e. The lowest BCUT2D eigenvalue weighted by Crippen LogP contribution is -2.70. The highest BCUT2D eigenvalue weighted by Crippen LogP contribution is 2.50. The van der Waals surface area contributed by atoms with Crippen LogP contribution in [0.1, 0.15) is 74.8 Å². The van der Waals surface area contributed by atoms with E-state index < -0.39 is 31.2 Å². The molecule has 1 saturated heterocycles. The molecule has 13 heteroatoms. The summed E-state index contributed by atoms with van der Waals surface area (Å²) in [5.41, 5.74) is 0.889. The Labute approximate surface area is 359 Å². The quantitative estimate of drug-likeness (QED) is 0.0717. The molecule has 3 atom stereocenters. The summed E-state index contributed by atoms with van der Waals surface area (Å²) < 4.78 is 34.5. The van der Waals surface area contributed by atoms with Crippen molar-refractivity contribution in [2.45, 2.75) is 81.3 Å². The number of methoxy groups -OCH3 is 2. The number of hydrogen-bond donors (Lipinski definition) is 2. The molecule has 3 heterocycles. The first-order valence-corrected chi connectivity index (χ1v) is 23.2. The van der Waals surface area contributed by atoms with Crippen LogP contribution in [0.4, 0.5) is 5.82 Å². The molecule has 12 nitrogen and oxygen atoms in total. The largest absolute Gasteiger partial charge is 0.497 e. The van der Waals surface area contributed by atoms with Crippen molar-refractivity contribution in [1.29, 1.82) is 0 Å². The first-order chi connectivity index (χ1) is 29.4. The van der Waals surface area contributed by atoms with Gasteiger partial charge in [-0.15, -0.1) is 0 Å². The second-order valence-electron chi connectivity index (χ2n) is 16.7. The van der Waals surface area contributed by atoms with Crippen LogP contribution in [0.5, 0.6) is 11.5 Å². The number of fused-ring (bicyclic) bond motifs is 1. The van der Waals surface area contributed by atoms with Gasteiger partial charge in [-0.05, 0) is 69.7 Å². The zero-order valence-corrected chi connectivity index (χ0v) is 37.2. The Balaban J connectivity index is 1.37. The van der Waals surface area contributed by atoms with Gasteiger partial charge in [-0.3, -0.25) is 9.36 Å². The van der Waals surface area contributed by atoms with Gasteiger partial charge in [-0.25, -0.2) is 15.0 Å². The third-order valence-electron chi connectivity index (χ3n) is 12.6. The molecule has 0 bridgehead atoms. The molecule has 0 radical (unpaired) electrons. The van der Waals surface area contributed by atoms with Gasteiger partial charge < -0.3 is 34.1 Å². The molecular weight excluding hydrogens is 787 g/mol. The fourth-order valence-corrected chi connectivity index (χ4v) is 16.8. The molecule has 61 heavy (non-hydrogen) atoms. The molecule has 6 aromatic rings. The van der Waals surface area contributed by atoms with E-state index in [9.17, 15) is 9.90 Å². The SMILES string of the molecule is COc1ccc(C(OC[C@]2(C(O)[Si](C(C)C)(C(C)C)C(C)C)COC[C@H](n3cnc4c(NC(=O)c5ccccc5)ncnc43)O2)(c2ccccc2)c2ccc(OC)cc2)cc1. The summed E-state index contributed by atoms with van der Waals surface area (Å²) in [6, 6.07) is 34.8. The Morgan fingerprint density at radius 2 is 1.34 bits per heavy atom. The normalized spacial score (nSPS) is 17.8. The van der Waals surface area contributed by atoms with Gasteiger partial charge in [-0.2, -0.15) is 0 Å². The van der Waals surface area contributed by atoms with E-state index in [0.717, 1.165) is 16.7 Å². The number of carbonyl (C=O) groups is 1. The summed E-state index contributed by atoms with van der Waals surface area (Å²) in [5.74, 6) is 1.36. The number of aliphatic hydroxyl groups is 1. The molecule has 4 aromatic carbocycles. The summed E-state index contributed by atoms with van der Waals surface area (Å²) in [6.45, 7) is 13.5. The van der Waals surface area contributed by atoms with Gasteiger partial charge in [-0.1, -0.05) is 114 Å². The molecule has 1 aliphatic heterocycles. The third kappa shape index (κ3) is 8.08. The number of hydrogen-bond acceptors (Lipinski definition) is 10. The summed E-state index contributed by atoms with van der Waals surface area (Å²) in [6.07, 6.45) is 2.23. The van der Waals surface area contributed by atoms with Gasteiger partial charge in [0, 0.05) is 5.56 Å². The van der Waals surface area contributed by atoms with Gasteiger partial charge >= 0.3 is 0 Å². The molecule has 0 spiro atoms. The van der Waals surface area contributed by atoms with E-state index in [1.54, 1.807) is 49.4 Å². The van der Waals surface area contributed by atoms with Crippen molar-refractivity contribution in [3.63, 3.8) is 0 Å². The number of anilines is 1. The van der Waals surface area contributed by atoms with Crippen molar-refractivity contribution in [3.05, 3.63) is 144 Å². The Kier molecular flexibility index (Phi) is 13.1. The van der Waals surface area contributed by atoms with Crippen molar-refractivity contribution in [2.24, 2.45) is 0 Å². The van der Waals surface area contributed by atoms with E-state index in [4.69, 9.17) is 23.7 Å². The number of imidazole rings is 1. The van der Waals surface area contributed by atoms with Crippen LogP contribution < -0.4 is 14.8 Å². The number of ether oxygens (including phenoxy) is 5. The van der Waals surface area contributed by atoms with Crippen LogP contribution in [0.15, 0.2) is 122 Å². The smallest absolute Gasteiger partial charge is 0.256 e. The Morgan fingerprint density at radius 3 is 1.89 bits per heavy atom. The van der Waals surface area contributed by atoms with Crippen LogP contribution in [-0.2, 0) is 19.8 Å². The first kappa shape index (κ1) is 43.6. The van der Waals surface area contributed by atoms with E-state index in [1.807, 2.05) is 72.8 Å². The number of nitrogens with one attached hydrogen (secondary N) is 1. The summed E-state index contributed by atoms with van der Waals surface area (Å²) in [7, 11) is 0.553. The van der Waals surface area contributed by atoms with Crippen LogP contribution in [0.2, 0.25) is 16.6 Å². The van der Waals surface area contributed by atoms with Gasteiger partial charge in [0.05, 0.1) is 54.2 Å². The summed E-state index contributed by atoms with van der Waals surface area (Å²) in [4.78, 5) is 26.9. The average molecular weight is 844 g/mol. The molecular formula is C48H57N5O7Si. The van der Waals surface area contributed by atoms with Gasteiger partial charge in [0.2, 0.25) is 0 Å². The zero-order valence-electron chi connectivity index (χ0n) is 36.2. The summed E-state index contributed by atoms with van der Waals surface area (Å²) in [5, 5.41) is 16.3. The van der Waals surface area contributed by atoms with E-state index in [-0.39, 0.29) is 48.2 Å². The highest BCUT2D eigenvalue weighted by Gasteiger charge is 2.60. The zero-order chi connectivity index (χ0) is 43.4. The van der Waals surface area contributed by atoms with Gasteiger partial charge in [0.25, 0.3) is 5.91 Å². The van der Waals surface area contributed by atoms with Crippen LogP contribution in [0.3, 0.4) is 0 Å². The van der Waals surface area contributed by atoms with Crippen LogP contribution >= 0.6 is 0 Å². The molecule has 2 aromatic heterocycles. The summed E-state index contributed by atoms with van der Waals surface area (Å²) >= 11 is 0. The number of aromatic nitrogens is 4. The lowest BCUT2D eigenvalue weighted by molar-refractivity contribution is -0.269. The van der Waals surface area contributed by atoms with E-state index >= 15 is 0 Å². The molecule has 1 unspecified atom stereocenters. The van der Waals surface area contributed by atoms with Crippen molar-refractivity contribution in [1.82, 2.24) is 19.5 Å². The highest BCUT2D eigenvalue weighted by molar-refractivity contribution is 6.84. The van der Waals surface area contributed by atoms with Gasteiger partial charge in [0.1, 0.15) is 29.0 Å². The lowest BCUT2D eigenvalue weighted by atomic mass is 9.79. The Hall–Kier alpha value is -5.44. The van der Waals surface area contributed by atoms with Crippen LogP contribution in [0.25, 0.3) is 11.2 Å². The maximum atomic E-state index is 13.4. The molecule has 2 N–H and O–H groups in total. The van der Waals surface area contributed by atoms with Crippen LogP contribution in [-0.4, -0.2) is 84.0 Å². The number of amides is 1. The van der Waals surface area contributed by atoms with Crippen LogP contribution in [0, 0.1) is 0 Å². The fourth-order valence-electron chi connectivity index (χ4n) is 9.74. The van der Waals surface area contributed by atoms with Gasteiger partial charge in [0.15, 0.2) is 23.2 Å². The number of rotatable bonds is 16. The minimum atomic E-state index is -2.74. The van der Waals surface area contributed by atoms with E-state index in [0.29, 0.717) is 28.2 Å². The molecule has 320 valence electrons.